The van der Waals surface area contributed by atoms with Crippen molar-refractivity contribution in [1.82, 2.24) is 25.1 Å². The molecule has 2 aromatic rings. The van der Waals surface area contributed by atoms with Crippen LogP contribution in [0.4, 0.5) is 5.82 Å². The van der Waals surface area contributed by atoms with Crippen LogP contribution in [-0.2, 0) is 7.05 Å². The molecular weight excluding hydrogens is 228 g/mol. The third kappa shape index (κ3) is 1.73. The summed E-state index contributed by atoms with van der Waals surface area (Å²) in [5.74, 6) is 1.02. The van der Waals surface area contributed by atoms with Crippen LogP contribution in [0.15, 0.2) is 12.5 Å². The molecule has 0 saturated carbocycles. The highest BCUT2D eigenvalue weighted by molar-refractivity contribution is 5.86. The van der Waals surface area contributed by atoms with Gasteiger partial charge in [-0.05, 0) is 6.42 Å². The van der Waals surface area contributed by atoms with Gasteiger partial charge in [0, 0.05) is 26.7 Å². The predicted octanol–water partition coefficient (Wildman–Crippen LogP) is 0.551. The Kier molecular flexibility index (Phi) is 2.87. The van der Waals surface area contributed by atoms with Crippen molar-refractivity contribution in [2.45, 2.75) is 19.4 Å². The first kappa shape index (κ1) is 11.4. The molecule has 0 bridgehead atoms. The molecule has 0 atom stereocenters. The van der Waals surface area contributed by atoms with Gasteiger partial charge < -0.3 is 10.2 Å². The predicted molar refractivity (Wildman–Crippen MR) is 70.6 cm³/mol. The zero-order valence-corrected chi connectivity index (χ0v) is 10.8. The van der Waals surface area contributed by atoms with Gasteiger partial charge in [-0.3, -0.25) is 4.68 Å². The second-order valence-electron chi connectivity index (χ2n) is 4.71. The highest BCUT2D eigenvalue weighted by atomic mass is 15.3. The van der Waals surface area contributed by atoms with Crippen LogP contribution in [-0.4, -0.2) is 45.4 Å². The first-order valence-electron chi connectivity index (χ1n) is 6.41. The van der Waals surface area contributed by atoms with Crippen molar-refractivity contribution in [3.8, 4) is 0 Å². The van der Waals surface area contributed by atoms with Crippen LogP contribution in [0.1, 0.15) is 13.3 Å². The molecular formula is C12H18N6. The van der Waals surface area contributed by atoms with Gasteiger partial charge in [-0.25, -0.2) is 9.97 Å². The molecule has 1 saturated heterocycles. The Hall–Kier alpha value is -1.69. The van der Waals surface area contributed by atoms with E-state index in [2.05, 4.69) is 32.2 Å². The molecule has 0 radical (unpaired) electrons. The summed E-state index contributed by atoms with van der Waals surface area (Å²) >= 11 is 0. The van der Waals surface area contributed by atoms with E-state index in [1.54, 1.807) is 11.0 Å². The molecule has 1 aliphatic rings. The van der Waals surface area contributed by atoms with Crippen molar-refractivity contribution in [3.63, 3.8) is 0 Å². The third-order valence-electron chi connectivity index (χ3n) is 3.45. The SMILES string of the molecule is CCCN(c1ncnc2c1cnn2C)C1CNC1. The second kappa shape index (κ2) is 4.53. The second-order valence-corrected chi connectivity index (χ2v) is 4.71. The summed E-state index contributed by atoms with van der Waals surface area (Å²) in [6, 6.07) is 0.545. The van der Waals surface area contributed by atoms with Crippen LogP contribution < -0.4 is 10.2 Å². The lowest BCUT2D eigenvalue weighted by Crippen LogP contribution is -2.57. The summed E-state index contributed by atoms with van der Waals surface area (Å²) in [5.41, 5.74) is 0.897. The van der Waals surface area contributed by atoms with Crippen LogP contribution >= 0.6 is 0 Å². The van der Waals surface area contributed by atoms with E-state index in [4.69, 9.17) is 0 Å². The minimum atomic E-state index is 0.545. The van der Waals surface area contributed by atoms with Crippen molar-refractivity contribution >= 4 is 16.9 Å². The number of nitrogens with zero attached hydrogens (tertiary/aromatic N) is 5. The average molecular weight is 246 g/mol. The lowest BCUT2D eigenvalue weighted by atomic mass is 10.1. The van der Waals surface area contributed by atoms with Crippen molar-refractivity contribution in [2.24, 2.45) is 7.05 Å². The molecule has 18 heavy (non-hydrogen) atoms. The van der Waals surface area contributed by atoms with Gasteiger partial charge in [0.25, 0.3) is 0 Å². The largest absolute Gasteiger partial charge is 0.350 e. The number of anilines is 1. The van der Waals surface area contributed by atoms with Gasteiger partial charge >= 0.3 is 0 Å². The van der Waals surface area contributed by atoms with E-state index in [-0.39, 0.29) is 0 Å². The number of nitrogens with one attached hydrogen (secondary N) is 1. The molecule has 0 aliphatic carbocycles. The molecule has 6 nitrogen and oxygen atoms in total. The Bertz CT molecular complexity index is 544. The van der Waals surface area contributed by atoms with Gasteiger partial charge in [0.2, 0.25) is 0 Å². The molecule has 0 aromatic carbocycles. The first-order valence-corrected chi connectivity index (χ1v) is 6.41. The van der Waals surface area contributed by atoms with E-state index in [1.807, 2.05) is 13.2 Å². The van der Waals surface area contributed by atoms with Gasteiger partial charge in [0.1, 0.15) is 12.1 Å². The summed E-state index contributed by atoms with van der Waals surface area (Å²) in [4.78, 5) is 11.1. The van der Waals surface area contributed by atoms with E-state index in [9.17, 15) is 0 Å². The summed E-state index contributed by atoms with van der Waals surface area (Å²) in [5, 5.41) is 8.63. The standard InChI is InChI=1S/C12H18N6/c1-3-4-18(9-5-13-6-9)12-10-7-16-17(2)11(10)14-8-15-12/h7-9,13H,3-6H2,1-2H3. The minimum Gasteiger partial charge on any atom is -0.350 e. The van der Waals surface area contributed by atoms with Gasteiger partial charge in [0.15, 0.2) is 5.65 Å². The lowest BCUT2D eigenvalue weighted by Gasteiger charge is -2.39. The van der Waals surface area contributed by atoms with E-state index in [1.165, 1.54) is 0 Å². The lowest BCUT2D eigenvalue weighted by molar-refractivity contribution is 0.411. The van der Waals surface area contributed by atoms with Crippen LogP contribution in [0.25, 0.3) is 11.0 Å². The highest BCUT2D eigenvalue weighted by Crippen LogP contribution is 2.25. The summed E-state index contributed by atoms with van der Waals surface area (Å²) in [7, 11) is 1.91. The first-order chi connectivity index (χ1) is 8.81. The van der Waals surface area contributed by atoms with Gasteiger partial charge in [-0.15, -0.1) is 0 Å². The van der Waals surface area contributed by atoms with Crippen LogP contribution in [0, 0.1) is 0 Å². The number of aryl methyl sites for hydroxylation is 1. The van der Waals surface area contributed by atoms with Crippen LogP contribution in [0.5, 0.6) is 0 Å². The van der Waals surface area contributed by atoms with E-state index < -0.39 is 0 Å². The fourth-order valence-corrected chi connectivity index (χ4v) is 2.37. The van der Waals surface area contributed by atoms with Crippen molar-refractivity contribution < 1.29 is 0 Å². The normalized spacial score (nSPS) is 15.9. The monoisotopic (exact) mass is 246 g/mol. The van der Waals surface area contributed by atoms with Crippen molar-refractivity contribution in [2.75, 3.05) is 24.5 Å². The van der Waals surface area contributed by atoms with E-state index >= 15 is 0 Å². The maximum Gasteiger partial charge on any atom is 0.163 e. The summed E-state index contributed by atoms with van der Waals surface area (Å²) < 4.78 is 1.80. The Labute approximate surface area is 106 Å². The van der Waals surface area contributed by atoms with E-state index in [0.717, 1.165) is 42.9 Å². The topological polar surface area (TPSA) is 58.9 Å². The molecule has 0 spiro atoms. The Balaban J connectivity index is 2.04. The maximum atomic E-state index is 4.48. The summed E-state index contributed by atoms with van der Waals surface area (Å²) in [6.07, 6.45) is 4.61. The van der Waals surface area contributed by atoms with Gasteiger partial charge in [-0.1, -0.05) is 6.92 Å². The van der Waals surface area contributed by atoms with Crippen LogP contribution in [0.3, 0.4) is 0 Å². The van der Waals surface area contributed by atoms with E-state index in [0.29, 0.717) is 6.04 Å². The molecule has 0 amide bonds. The Morgan fingerprint density at radius 3 is 2.94 bits per heavy atom. The molecule has 2 aromatic heterocycles. The molecule has 1 aliphatic heterocycles. The molecule has 96 valence electrons. The Morgan fingerprint density at radius 2 is 2.28 bits per heavy atom. The molecule has 6 heteroatoms. The minimum absolute atomic E-state index is 0.545. The zero-order valence-electron chi connectivity index (χ0n) is 10.8. The quantitative estimate of drug-likeness (QED) is 0.854. The fourth-order valence-electron chi connectivity index (χ4n) is 2.37. The number of rotatable bonds is 4. The van der Waals surface area contributed by atoms with Crippen LogP contribution in [0.2, 0.25) is 0 Å². The number of aromatic nitrogens is 4. The van der Waals surface area contributed by atoms with Crippen molar-refractivity contribution in [1.29, 1.82) is 0 Å². The average Bonchev–Trinajstić information content (AvgIpc) is 2.69. The van der Waals surface area contributed by atoms with Gasteiger partial charge in [-0.2, -0.15) is 5.10 Å². The third-order valence-corrected chi connectivity index (χ3v) is 3.45. The maximum absolute atomic E-state index is 4.48. The summed E-state index contributed by atoms with van der Waals surface area (Å²) in [6.45, 7) is 5.28. The molecule has 3 heterocycles. The van der Waals surface area contributed by atoms with Crippen molar-refractivity contribution in [3.05, 3.63) is 12.5 Å². The highest BCUT2D eigenvalue weighted by Gasteiger charge is 2.26. The molecule has 1 fully saturated rings. The smallest absolute Gasteiger partial charge is 0.163 e. The fraction of sp³-hybridized carbons (Fsp3) is 0.583. The zero-order chi connectivity index (χ0) is 12.5. The van der Waals surface area contributed by atoms with Gasteiger partial charge in [0.05, 0.1) is 17.6 Å². The number of hydrogen-bond donors (Lipinski definition) is 1. The molecule has 0 unspecified atom stereocenters. The Morgan fingerprint density at radius 1 is 1.44 bits per heavy atom. The molecule has 3 rings (SSSR count). The number of fused-ring (bicyclic) bond motifs is 1. The number of hydrogen-bond acceptors (Lipinski definition) is 5. The molecule has 1 N–H and O–H groups in total.